The summed E-state index contributed by atoms with van der Waals surface area (Å²) in [5.74, 6) is -0.128. The molecule has 0 aliphatic rings. The summed E-state index contributed by atoms with van der Waals surface area (Å²) in [5.41, 5.74) is 3.40. The molecule has 0 aromatic heterocycles. The molecule has 0 radical (unpaired) electrons. The Bertz CT molecular complexity index is 936. The molecule has 1 N–H and O–H groups in total. The number of aliphatic carboxylic acids is 1. The van der Waals surface area contributed by atoms with E-state index in [1.54, 1.807) is 13.2 Å². The first-order chi connectivity index (χ1) is 15.6. The SMILES string of the molecule is CC(C)C(C(=O)O)=C(c1ccccc1)C(C)C.COc1ccc(C=CC(=O)OC(C)C)cc1. The first-order valence-electron chi connectivity index (χ1n) is 11.1. The maximum absolute atomic E-state index is 11.4. The van der Waals surface area contributed by atoms with Crippen molar-refractivity contribution in [2.45, 2.75) is 47.6 Å². The number of carbonyl (C=O) groups excluding carboxylic acids is 1. The summed E-state index contributed by atoms with van der Waals surface area (Å²) in [6.45, 7) is 11.6. The van der Waals surface area contributed by atoms with Crippen LogP contribution in [0.4, 0.5) is 0 Å². The van der Waals surface area contributed by atoms with Gasteiger partial charge in [-0.05, 0) is 60.6 Å². The van der Waals surface area contributed by atoms with Gasteiger partial charge in [0.25, 0.3) is 0 Å². The largest absolute Gasteiger partial charge is 0.497 e. The summed E-state index contributed by atoms with van der Waals surface area (Å²) in [4.78, 5) is 22.6. The molecule has 0 aliphatic carbocycles. The number of benzene rings is 2. The fourth-order valence-corrected chi connectivity index (χ4v) is 3.24. The fraction of sp³-hybridized carbons (Fsp3) is 0.357. The van der Waals surface area contributed by atoms with E-state index in [2.05, 4.69) is 0 Å². The lowest BCUT2D eigenvalue weighted by Crippen LogP contribution is -2.13. The highest BCUT2D eigenvalue weighted by molar-refractivity contribution is 5.97. The summed E-state index contributed by atoms with van der Waals surface area (Å²) < 4.78 is 10.00. The van der Waals surface area contributed by atoms with Crippen LogP contribution in [0.3, 0.4) is 0 Å². The van der Waals surface area contributed by atoms with E-state index in [9.17, 15) is 14.7 Å². The molecule has 33 heavy (non-hydrogen) atoms. The van der Waals surface area contributed by atoms with Crippen molar-refractivity contribution < 1.29 is 24.2 Å². The molecule has 0 heterocycles. The predicted octanol–water partition coefficient (Wildman–Crippen LogP) is 6.50. The number of rotatable bonds is 8. The number of carbonyl (C=O) groups is 2. The number of methoxy groups -OCH3 is 1. The molecule has 5 nitrogen and oxygen atoms in total. The van der Waals surface area contributed by atoms with Gasteiger partial charge in [-0.25, -0.2) is 9.59 Å². The minimum Gasteiger partial charge on any atom is -0.497 e. The Balaban J connectivity index is 0.000000331. The molecule has 0 unspecified atom stereocenters. The molecule has 0 saturated carbocycles. The minimum absolute atomic E-state index is 0.0186. The van der Waals surface area contributed by atoms with E-state index in [1.807, 2.05) is 96.1 Å². The summed E-state index contributed by atoms with van der Waals surface area (Å²) >= 11 is 0. The Morgan fingerprint density at radius 1 is 0.848 bits per heavy atom. The van der Waals surface area contributed by atoms with Crippen molar-refractivity contribution in [3.63, 3.8) is 0 Å². The van der Waals surface area contributed by atoms with Crippen LogP contribution in [-0.2, 0) is 14.3 Å². The first-order valence-corrected chi connectivity index (χ1v) is 11.1. The normalized spacial score (nSPS) is 11.8. The van der Waals surface area contributed by atoms with Crippen LogP contribution in [0.5, 0.6) is 5.75 Å². The van der Waals surface area contributed by atoms with E-state index < -0.39 is 5.97 Å². The van der Waals surface area contributed by atoms with Gasteiger partial charge in [-0.3, -0.25) is 0 Å². The van der Waals surface area contributed by atoms with Crippen molar-refractivity contribution in [3.05, 3.63) is 77.4 Å². The Hall–Kier alpha value is -3.34. The molecule has 0 atom stereocenters. The van der Waals surface area contributed by atoms with Crippen LogP contribution in [-0.4, -0.2) is 30.3 Å². The fourth-order valence-electron chi connectivity index (χ4n) is 3.24. The van der Waals surface area contributed by atoms with E-state index in [0.29, 0.717) is 5.57 Å². The predicted molar refractivity (Wildman–Crippen MR) is 134 cm³/mol. The zero-order chi connectivity index (χ0) is 25.0. The van der Waals surface area contributed by atoms with Gasteiger partial charge >= 0.3 is 11.9 Å². The minimum atomic E-state index is -0.812. The number of esters is 1. The lowest BCUT2D eigenvalue weighted by molar-refractivity contribution is -0.141. The highest BCUT2D eigenvalue weighted by atomic mass is 16.5. The number of allylic oxidation sites excluding steroid dienone is 1. The van der Waals surface area contributed by atoms with E-state index in [-0.39, 0.29) is 23.9 Å². The summed E-state index contributed by atoms with van der Waals surface area (Å²) in [6, 6.07) is 17.2. The Morgan fingerprint density at radius 2 is 1.42 bits per heavy atom. The monoisotopic (exact) mass is 452 g/mol. The molecule has 2 aromatic carbocycles. The number of carboxylic acids is 1. The molecule has 0 aliphatic heterocycles. The molecule has 0 spiro atoms. The molecule has 2 aromatic rings. The molecule has 0 amide bonds. The van der Waals surface area contributed by atoms with Crippen LogP contribution in [0.25, 0.3) is 11.6 Å². The zero-order valence-electron chi connectivity index (χ0n) is 20.7. The van der Waals surface area contributed by atoms with Gasteiger partial charge in [-0.2, -0.15) is 0 Å². The quantitative estimate of drug-likeness (QED) is 0.366. The van der Waals surface area contributed by atoms with Gasteiger partial charge in [-0.1, -0.05) is 70.2 Å². The number of ether oxygens (including phenoxy) is 2. The van der Waals surface area contributed by atoms with Gasteiger partial charge < -0.3 is 14.6 Å². The standard InChI is InChI=1S/C15H20O2.C13H16O3/c1-10(2)13(12-8-6-5-7-9-12)14(11(3)4)15(16)17;1-10(2)16-13(14)9-6-11-4-7-12(15-3)8-5-11/h5-11H,1-4H3,(H,16,17);4-10H,1-3H3. The lowest BCUT2D eigenvalue weighted by Gasteiger charge is -2.18. The third-order valence-electron chi connectivity index (χ3n) is 4.64. The summed E-state index contributed by atoms with van der Waals surface area (Å²) in [6.07, 6.45) is 3.04. The van der Waals surface area contributed by atoms with Crippen molar-refractivity contribution in [2.24, 2.45) is 11.8 Å². The Labute approximate surface area is 197 Å². The second-order valence-corrected chi connectivity index (χ2v) is 8.40. The van der Waals surface area contributed by atoms with E-state index in [4.69, 9.17) is 9.47 Å². The van der Waals surface area contributed by atoms with Gasteiger partial charge in [0.1, 0.15) is 5.75 Å². The molecule has 0 bridgehead atoms. The van der Waals surface area contributed by atoms with E-state index in [0.717, 1.165) is 22.4 Å². The van der Waals surface area contributed by atoms with Crippen molar-refractivity contribution in [1.82, 2.24) is 0 Å². The maximum Gasteiger partial charge on any atom is 0.332 e. The molecular formula is C28H36O5. The molecule has 178 valence electrons. The molecule has 0 saturated heterocycles. The van der Waals surface area contributed by atoms with Gasteiger partial charge in [0, 0.05) is 11.6 Å². The second-order valence-electron chi connectivity index (χ2n) is 8.40. The van der Waals surface area contributed by atoms with Crippen LogP contribution in [0.2, 0.25) is 0 Å². The summed E-state index contributed by atoms with van der Waals surface area (Å²) in [5, 5.41) is 9.37. The Kier molecular flexibility index (Phi) is 11.7. The van der Waals surface area contributed by atoms with Crippen LogP contribution >= 0.6 is 0 Å². The molecular weight excluding hydrogens is 416 g/mol. The van der Waals surface area contributed by atoms with Crippen molar-refractivity contribution in [1.29, 1.82) is 0 Å². The average molecular weight is 453 g/mol. The number of hydrogen-bond acceptors (Lipinski definition) is 4. The topological polar surface area (TPSA) is 72.8 Å². The highest BCUT2D eigenvalue weighted by Crippen LogP contribution is 2.30. The summed E-state index contributed by atoms with van der Waals surface area (Å²) in [7, 11) is 1.62. The first kappa shape index (κ1) is 27.7. The van der Waals surface area contributed by atoms with Gasteiger partial charge in [-0.15, -0.1) is 0 Å². The van der Waals surface area contributed by atoms with Crippen molar-refractivity contribution in [3.8, 4) is 5.75 Å². The highest BCUT2D eigenvalue weighted by Gasteiger charge is 2.21. The third-order valence-corrected chi connectivity index (χ3v) is 4.64. The van der Waals surface area contributed by atoms with Gasteiger partial charge in [0.05, 0.1) is 13.2 Å². The average Bonchev–Trinajstić information content (AvgIpc) is 2.76. The van der Waals surface area contributed by atoms with Crippen LogP contribution in [0, 0.1) is 11.8 Å². The van der Waals surface area contributed by atoms with Gasteiger partial charge in [0.15, 0.2) is 0 Å². The van der Waals surface area contributed by atoms with Crippen molar-refractivity contribution in [2.75, 3.05) is 7.11 Å². The smallest absolute Gasteiger partial charge is 0.332 e. The zero-order valence-corrected chi connectivity index (χ0v) is 20.7. The molecule has 0 fully saturated rings. The van der Waals surface area contributed by atoms with E-state index in [1.165, 1.54) is 6.08 Å². The van der Waals surface area contributed by atoms with Crippen LogP contribution in [0.1, 0.15) is 52.7 Å². The molecule has 5 heteroatoms. The lowest BCUT2D eigenvalue weighted by atomic mass is 9.86. The molecule has 2 rings (SSSR count). The second kappa shape index (κ2) is 13.9. The van der Waals surface area contributed by atoms with Crippen LogP contribution < -0.4 is 4.74 Å². The third kappa shape index (κ3) is 9.77. The van der Waals surface area contributed by atoms with Gasteiger partial charge in [0.2, 0.25) is 0 Å². The van der Waals surface area contributed by atoms with Crippen LogP contribution in [0.15, 0.2) is 66.2 Å². The Morgan fingerprint density at radius 3 is 1.85 bits per heavy atom. The van der Waals surface area contributed by atoms with Crippen molar-refractivity contribution >= 4 is 23.6 Å². The number of carboxylic acid groups (broad SMARTS) is 1. The number of hydrogen-bond donors (Lipinski definition) is 1. The van der Waals surface area contributed by atoms with E-state index >= 15 is 0 Å². The maximum atomic E-state index is 11.4.